The Labute approximate surface area is 117 Å². The molecule has 3 heteroatoms. The molecule has 0 amide bonds. The van der Waals surface area contributed by atoms with Crippen molar-refractivity contribution in [3.63, 3.8) is 0 Å². The van der Waals surface area contributed by atoms with Gasteiger partial charge in [-0.25, -0.2) is 0 Å². The highest BCUT2D eigenvalue weighted by Gasteiger charge is 2.08. The van der Waals surface area contributed by atoms with Crippen LogP contribution in [-0.2, 0) is 0 Å². The molecule has 0 aliphatic rings. The predicted octanol–water partition coefficient (Wildman–Crippen LogP) is 3.14. The SMILES string of the molecule is CCCNC(CC)c1ccc(OCC(C)CO)cc1. The van der Waals surface area contributed by atoms with Gasteiger partial charge in [-0.2, -0.15) is 0 Å². The van der Waals surface area contributed by atoms with Gasteiger partial charge in [-0.15, -0.1) is 0 Å². The number of ether oxygens (including phenoxy) is 1. The Kier molecular flexibility index (Phi) is 7.53. The molecule has 19 heavy (non-hydrogen) atoms. The second kappa shape index (κ2) is 8.94. The van der Waals surface area contributed by atoms with Crippen LogP contribution in [-0.4, -0.2) is 24.9 Å². The van der Waals surface area contributed by atoms with Crippen molar-refractivity contribution in [3.05, 3.63) is 29.8 Å². The highest BCUT2D eigenvalue weighted by Crippen LogP contribution is 2.20. The fourth-order valence-corrected chi connectivity index (χ4v) is 1.90. The van der Waals surface area contributed by atoms with Gasteiger partial charge in [-0.1, -0.05) is 32.9 Å². The molecule has 0 saturated carbocycles. The molecule has 0 aromatic heterocycles. The molecule has 2 N–H and O–H groups in total. The second-order valence-electron chi connectivity index (χ2n) is 5.08. The van der Waals surface area contributed by atoms with Crippen molar-refractivity contribution in [3.8, 4) is 5.75 Å². The maximum atomic E-state index is 8.96. The minimum Gasteiger partial charge on any atom is -0.493 e. The minimum absolute atomic E-state index is 0.164. The van der Waals surface area contributed by atoms with E-state index in [0.717, 1.165) is 25.1 Å². The van der Waals surface area contributed by atoms with Crippen LogP contribution in [0.5, 0.6) is 5.75 Å². The standard InChI is InChI=1S/C16H27NO2/c1-4-10-17-16(5-2)14-6-8-15(9-7-14)19-12-13(3)11-18/h6-9,13,16-18H,4-5,10-12H2,1-3H3. The molecule has 3 nitrogen and oxygen atoms in total. The van der Waals surface area contributed by atoms with Gasteiger partial charge in [0, 0.05) is 18.6 Å². The zero-order valence-electron chi connectivity index (χ0n) is 12.4. The summed E-state index contributed by atoms with van der Waals surface area (Å²) < 4.78 is 5.63. The van der Waals surface area contributed by atoms with Crippen molar-refractivity contribution in [2.45, 2.75) is 39.7 Å². The van der Waals surface area contributed by atoms with Gasteiger partial charge in [0.15, 0.2) is 0 Å². The Morgan fingerprint density at radius 2 is 1.89 bits per heavy atom. The first kappa shape index (κ1) is 16.0. The highest BCUT2D eigenvalue weighted by molar-refractivity contribution is 5.29. The third kappa shape index (κ3) is 5.62. The number of benzene rings is 1. The summed E-state index contributed by atoms with van der Waals surface area (Å²) in [6.45, 7) is 8.11. The van der Waals surface area contributed by atoms with E-state index in [4.69, 9.17) is 9.84 Å². The van der Waals surface area contributed by atoms with Crippen LogP contribution in [0.1, 0.15) is 45.2 Å². The van der Waals surface area contributed by atoms with Crippen molar-refractivity contribution >= 4 is 0 Å². The van der Waals surface area contributed by atoms with Crippen LogP contribution in [0.15, 0.2) is 24.3 Å². The van der Waals surface area contributed by atoms with Gasteiger partial charge in [0.1, 0.15) is 5.75 Å². The number of aliphatic hydroxyl groups excluding tert-OH is 1. The second-order valence-corrected chi connectivity index (χ2v) is 5.08. The molecule has 1 aromatic rings. The first-order chi connectivity index (χ1) is 9.21. The van der Waals surface area contributed by atoms with E-state index >= 15 is 0 Å². The quantitative estimate of drug-likeness (QED) is 0.720. The molecule has 108 valence electrons. The average Bonchev–Trinajstić information content (AvgIpc) is 2.46. The summed E-state index contributed by atoms with van der Waals surface area (Å²) in [7, 11) is 0. The molecule has 2 atom stereocenters. The van der Waals surface area contributed by atoms with Crippen LogP contribution in [0.3, 0.4) is 0 Å². The summed E-state index contributed by atoms with van der Waals surface area (Å²) in [4.78, 5) is 0. The lowest BCUT2D eigenvalue weighted by molar-refractivity contribution is 0.174. The summed E-state index contributed by atoms with van der Waals surface area (Å²) in [6, 6.07) is 8.68. The van der Waals surface area contributed by atoms with Gasteiger partial charge in [0.2, 0.25) is 0 Å². The van der Waals surface area contributed by atoms with Crippen LogP contribution < -0.4 is 10.1 Å². The first-order valence-corrected chi connectivity index (χ1v) is 7.28. The maximum Gasteiger partial charge on any atom is 0.119 e. The molecule has 0 radical (unpaired) electrons. The van der Waals surface area contributed by atoms with Crippen LogP contribution in [0.2, 0.25) is 0 Å². The molecule has 0 aliphatic carbocycles. The van der Waals surface area contributed by atoms with Crippen molar-refractivity contribution in [1.82, 2.24) is 5.32 Å². The third-order valence-corrected chi connectivity index (χ3v) is 3.18. The fourth-order valence-electron chi connectivity index (χ4n) is 1.90. The molecule has 1 rings (SSSR count). The van der Waals surface area contributed by atoms with Gasteiger partial charge < -0.3 is 15.2 Å². The predicted molar refractivity (Wildman–Crippen MR) is 79.5 cm³/mol. The molecule has 0 saturated heterocycles. The van der Waals surface area contributed by atoms with Crippen molar-refractivity contribution in [1.29, 1.82) is 0 Å². The Morgan fingerprint density at radius 3 is 2.42 bits per heavy atom. The van der Waals surface area contributed by atoms with E-state index in [9.17, 15) is 0 Å². The zero-order chi connectivity index (χ0) is 14.1. The van der Waals surface area contributed by atoms with E-state index in [0.29, 0.717) is 12.6 Å². The Morgan fingerprint density at radius 1 is 1.21 bits per heavy atom. The first-order valence-electron chi connectivity index (χ1n) is 7.28. The smallest absolute Gasteiger partial charge is 0.119 e. The van der Waals surface area contributed by atoms with Crippen LogP contribution in [0, 0.1) is 5.92 Å². The molecule has 0 aliphatic heterocycles. The van der Waals surface area contributed by atoms with E-state index in [-0.39, 0.29) is 12.5 Å². The molecule has 0 fully saturated rings. The summed E-state index contributed by atoms with van der Waals surface area (Å²) in [5, 5.41) is 12.5. The van der Waals surface area contributed by atoms with Gasteiger partial charge in [-0.3, -0.25) is 0 Å². The lowest BCUT2D eigenvalue weighted by atomic mass is 10.0. The van der Waals surface area contributed by atoms with E-state index in [2.05, 4.69) is 31.3 Å². The van der Waals surface area contributed by atoms with Crippen molar-refractivity contribution in [2.75, 3.05) is 19.8 Å². The summed E-state index contributed by atoms with van der Waals surface area (Å²) in [5.74, 6) is 1.05. The van der Waals surface area contributed by atoms with Gasteiger partial charge >= 0.3 is 0 Å². The molecule has 0 spiro atoms. The molecule has 0 heterocycles. The van der Waals surface area contributed by atoms with Crippen LogP contribution >= 0.6 is 0 Å². The Balaban J connectivity index is 2.54. The largest absolute Gasteiger partial charge is 0.493 e. The number of aliphatic hydroxyl groups is 1. The average molecular weight is 265 g/mol. The molecular weight excluding hydrogens is 238 g/mol. The molecule has 2 unspecified atom stereocenters. The topological polar surface area (TPSA) is 41.5 Å². The lowest BCUT2D eigenvalue weighted by Crippen LogP contribution is -2.21. The highest BCUT2D eigenvalue weighted by atomic mass is 16.5. The summed E-state index contributed by atoms with van der Waals surface area (Å²) >= 11 is 0. The third-order valence-electron chi connectivity index (χ3n) is 3.18. The minimum atomic E-state index is 0.164. The van der Waals surface area contributed by atoms with E-state index < -0.39 is 0 Å². The zero-order valence-corrected chi connectivity index (χ0v) is 12.4. The molecule has 0 bridgehead atoms. The maximum absolute atomic E-state index is 8.96. The normalized spacial score (nSPS) is 14.1. The van der Waals surface area contributed by atoms with Crippen LogP contribution in [0.4, 0.5) is 0 Å². The molecule has 1 aromatic carbocycles. The van der Waals surface area contributed by atoms with Gasteiger partial charge in [0.25, 0.3) is 0 Å². The number of nitrogens with one attached hydrogen (secondary N) is 1. The summed E-state index contributed by atoms with van der Waals surface area (Å²) in [6.07, 6.45) is 2.23. The summed E-state index contributed by atoms with van der Waals surface area (Å²) in [5.41, 5.74) is 1.30. The Hall–Kier alpha value is -1.06. The van der Waals surface area contributed by atoms with Gasteiger partial charge in [-0.05, 0) is 37.1 Å². The lowest BCUT2D eigenvalue weighted by Gasteiger charge is -2.17. The van der Waals surface area contributed by atoms with E-state index in [1.807, 2.05) is 19.1 Å². The number of rotatable bonds is 9. The fraction of sp³-hybridized carbons (Fsp3) is 0.625. The van der Waals surface area contributed by atoms with Crippen molar-refractivity contribution in [2.24, 2.45) is 5.92 Å². The van der Waals surface area contributed by atoms with E-state index in [1.165, 1.54) is 5.56 Å². The van der Waals surface area contributed by atoms with E-state index in [1.54, 1.807) is 0 Å². The molecular formula is C16H27NO2. The number of hydrogen-bond acceptors (Lipinski definition) is 3. The van der Waals surface area contributed by atoms with Crippen LogP contribution in [0.25, 0.3) is 0 Å². The number of hydrogen-bond donors (Lipinski definition) is 2. The monoisotopic (exact) mass is 265 g/mol. The Bertz CT molecular complexity index is 337. The van der Waals surface area contributed by atoms with Gasteiger partial charge in [0.05, 0.1) is 6.61 Å². The van der Waals surface area contributed by atoms with Crippen molar-refractivity contribution < 1.29 is 9.84 Å².